The lowest BCUT2D eigenvalue weighted by Crippen LogP contribution is -2.06. The smallest absolute Gasteiger partial charge is 0.325 e. The highest BCUT2D eigenvalue weighted by molar-refractivity contribution is 5.63. The van der Waals surface area contributed by atoms with Crippen LogP contribution in [0.15, 0.2) is 66.9 Å². The number of benzene rings is 1. The summed E-state index contributed by atoms with van der Waals surface area (Å²) in [4.78, 5) is 8.30. The van der Waals surface area contributed by atoms with Gasteiger partial charge in [0.2, 0.25) is 0 Å². The number of hydrogen-bond acceptors (Lipinski definition) is 3. The Labute approximate surface area is 130 Å². The van der Waals surface area contributed by atoms with Crippen molar-refractivity contribution in [3.8, 4) is 11.3 Å². The van der Waals surface area contributed by atoms with E-state index in [1.165, 1.54) is 0 Å². The summed E-state index contributed by atoms with van der Waals surface area (Å²) in [5.41, 5.74) is 0.893. The van der Waals surface area contributed by atoms with E-state index in [2.05, 4.69) is 15.3 Å². The highest BCUT2D eigenvalue weighted by atomic mass is 19.4. The molecule has 0 amide bonds. The highest BCUT2D eigenvalue weighted by Gasteiger charge is 2.30. The maximum Gasteiger partial charge on any atom is 0.416 e. The van der Waals surface area contributed by atoms with Crippen LogP contribution in [0.3, 0.4) is 0 Å². The molecule has 6 heteroatoms. The number of nitrogens with zero attached hydrogens (tertiary/aromatic N) is 2. The number of aromatic nitrogens is 2. The van der Waals surface area contributed by atoms with Crippen molar-refractivity contribution in [3.05, 3.63) is 72.4 Å². The van der Waals surface area contributed by atoms with Gasteiger partial charge < -0.3 is 5.32 Å². The largest absolute Gasteiger partial charge is 0.416 e. The minimum Gasteiger partial charge on any atom is -0.325 e. The molecule has 0 radical (unpaired) electrons. The first-order valence-electron chi connectivity index (χ1n) is 6.85. The molecule has 3 rings (SSSR count). The summed E-state index contributed by atoms with van der Waals surface area (Å²) in [5, 5.41) is 2.80. The first kappa shape index (κ1) is 15.0. The summed E-state index contributed by atoms with van der Waals surface area (Å²) in [6.45, 7) is 0. The van der Waals surface area contributed by atoms with Crippen molar-refractivity contribution >= 4 is 11.6 Å². The van der Waals surface area contributed by atoms with Crippen LogP contribution in [-0.4, -0.2) is 9.97 Å². The molecule has 1 N–H and O–H groups in total. The Hall–Kier alpha value is -2.89. The fraction of sp³-hybridized carbons (Fsp3) is 0.0588. The van der Waals surface area contributed by atoms with Crippen LogP contribution in [0, 0.1) is 0 Å². The number of nitrogens with one attached hydrogen (secondary N) is 1. The van der Waals surface area contributed by atoms with Crippen LogP contribution in [-0.2, 0) is 6.18 Å². The van der Waals surface area contributed by atoms with Crippen molar-refractivity contribution in [1.29, 1.82) is 0 Å². The fourth-order valence-electron chi connectivity index (χ4n) is 2.08. The molecule has 0 bridgehead atoms. The molecule has 3 nitrogen and oxygen atoms in total. The van der Waals surface area contributed by atoms with Crippen LogP contribution in [0.1, 0.15) is 5.56 Å². The van der Waals surface area contributed by atoms with Gasteiger partial charge in [-0.15, -0.1) is 0 Å². The van der Waals surface area contributed by atoms with E-state index >= 15 is 0 Å². The topological polar surface area (TPSA) is 37.8 Å². The van der Waals surface area contributed by atoms with Crippen molar-refractivity contribution in [3.63, 3.8) is 0 Å². The molecule has 0 unspecified atom stereocenters. The van der Waals surface area contributed by atoms with E-state index in [-0.39, 0.29) is 5.82 Å². The van der Waals surface area contributed by atoms with Crippen molar-refractivity contribution in [2.24, 2.45) is 0 Å². The predicted octanol–water partition coefficient (Wildman–Crippen LogP) is 4.91. The molecule has 0 aliphatic rings. The molecule has 0 saturated heterocycles. The van der Waals surface area contributed by atoms with Crippen LogP contribution in [0.2, 0.25) is 0 Å². The molecule has 0 spiro atoms. The van der Waals surface area contributed by atoms with E-state index in [0.717, 1.165) is 29.6 Å². The van der Waals surface area contributed by atoms with Crippen molar-refractivity contribution in [1.82, 2.24) is 9.97 Å². The van der Waals surface area contributed by atoms with E-state index in [1.807, 2.05) is 36.4 Å². The van der Waals surface area contributed by atoms with Crippen LogP contribution in [0.5, 0.6) is 0 Å². The minimum absolute atomic E-state index is 0.0949. The predicted molar refractivity (Wildman–Crippen MR) is 82.2 cm³/mol. The molecule has 0 fully saturated rings. The fourth-order valence-corrected chi connectivity index (χ4v) is 2.08. The monoisotopic (exact) mass is 315 g/mol. The van der Waals surface area contributed by atoms with Crippen LogP contribution < -0.4 is 5.32 Å². The lowest BCUT2D eigenvalue weighted by Gasteiger charge is -2.10. The molecule has 0 aliphatic carbocycles. The van der Waals surface area contributed by atoms with E-state index in [1.54, 1.807) is 12.1 Å². The number of alkyl halides is 3. The van der Waals surface area contributed by atoms with E-state index < -0.39 is 11.7 Å². The van der Waals surface area contributed by atoms with Gasteiger partial charge in [-0.3, -0.25) is 0 Å². The van der Waals surface area contributed by atoms with Gasteiger partial charge in [-0.25, -0.2) is 9.97 Å². The summed E-state index contributed by atoms with van der Waals surface area (Å²) in [5.74, 6) is 0.524. The lowest BCUT2D eigenvalue weighted by atomic mass is 10.1. The van der Waals surface area contributed by atoms with Gasteiger partial charge in [-0.05, 0) is 24.3 Å². The maximum atomic E-state index is 12.7. The molecule has 0 atom stereocenters. The van der Waals surface area contributed by atoms with E-state index in [0.29, 0.717) is 5.82 Å². The number of hydrogen-bond donors (Lipinski definition) is 1. The zero-order valence-electron chi connectivity index (χ0n) is 11.9. The average Bonchev–Trinajstić information content (AvgIpc) is 2.55. The summed E-state index contributed by atoms with van der Waals surface area (Å²) in [6.07, 6.45) is -3.29. The highest BCUT2D eigenvalue weighted by Crippen LogP contribution is 2.30. The van der Waals surface area contributed by atoms with E-state index in [9.17, 15) is 13.2 Å². The Balaban J connectivity index is 1.87. The Morgan fingerprint density at radius 3 is 2.35 bits per heavy atom. The van der Waals surface area contributed by atoms with Crippen molar-refractivity contribution in [2.45, 2.75) is 6.18 Å². The Morgan fingerprint density at radius 2 is 1.61 bits per heavy atom. The Kier molecular flexibility index (Phi) is 3.97. The molecule has 3 aromatic rings. The lowest BCUT2D eigenvalue weighted by molar-refractivity contribution is -0.137. The Bertz CT molecular complexity index is 801. The maximum absolute atomic E-state index is 12.7. The van der Waals surface area contributed by atoms with Gasteiger partial charge in [0.1, 0.15) is 11.6 Å². The number of halogens is 3. The SMILES string of the molecule is FC(F)(F)c1ccnc(Nc2cccc(-c3ccccc3)n2)c1. The molecular formula is C17H12F3N3. The minimum atomic E-state index is -4.40. The number of rotatable bonds is 3. The van der Waals surface area contributed by atoms with E-state index in [4.69, 9.17) is 0 Å². The summed E-state index contributed by atoms with van der Waals surface area (Å²) < 4.78 is 38.2. The van der Waals surface area contributed by atoms with Crippen molar-refractivity contribution in [2.75, 3.05) is 5.32 Å². The quantitative estimate of drug-likeness (QED) is 0.746. The van der Waals surface area contributed by atoms with Gasteiger partial charge >= 0.3 is 6.18 Å². The molecule has 0 saturated carbocycles. The number of anilines is 2. The molecule has 1 aromatic carbocycles. The van der Waals surface area contributed by atoms with Gasteiger partial charge in [0.25, 0.3) is 0 Å². The second-order valence-electron chi connectivity index (χ2n) is 4.83. The summed E-state index contributed by atoms with van der Waals surface area (Å²) in [6, 6.07) is 16.7. The normalized spacial score (nSPS) is 11.3. The third-order valence-corrected chi connectivity index (χ3v) is 3.16. The van der Waals surface area contributed by atoms with Gasteiger partial charge in [0, 0.05) is 11.8 Å². The molecule has 2 heterocycles. The zero-order valence-corrected chi connectivity index (χ0v) is 11.9. The second-order valence-corrected chi connectivity index (χ2v) is 4.83. The van der Waals surface area contributed by atoms with Crippen LogP contribution in [0.25, 0.3) is 11.3 Å². The third kappa shape index (κ3) is 3.66. The molecule has 116 valence electrons. The van der Waals surface area contributed by atoms with Gasteiger partial charge in [0.05, 0.1) is 11.3 Å². The summed E-state index contributed by atoms with van der Waals surface area (Å²) >= 11 is 0. The Morgan fingerprint density at radius 1 is 0.826 bits per heavy atom. The molecular weight excluding hydrogens is 303 g/mol. The van der Waals surface area contributed by atoms with Crippen LogP contribution >= 0.6 is 0 Å². The summed E-state index contributed by atoms with van der Waals surface area (Å²) in [7, 11) is 0. The first-order valence-corrected chi connectivity index (χ1v) is 6.85. The molecule has 2 aromatic heterocycles. The van der Waals surface area contributed by atoms with Gasteiger partial charge in [-0.2, -0.15) is 13.2 Å². The zero-order chi connectivity index (χ0) is 16.3. The third-order valence-electron chi connectivity index (χ3n) is 3.16. The number of pyridine rings is 2. The second kappa shape index (κ2) is 6.08. The molecule has 23 heavy (non-hydrogen) atoms. The molecule has 0 aliphatic heterocycles. The van der Waals surface area contributed by atoms with Gasteiger partial charge in [-0.1, -0.05) is 36.4 Å². The van der Waals surface area contributed by atoms with Crippen molar-refractivity contribution < 1.29 is 13.2 Å². The van der Waals surface area contributed by atoms with Crippen LogP contribution in [0.4, 0.5) is 24.8 Å². The standard InChI is InChI=1S/C17H12F3N3/c18-17(19,20)13-9-10-21-16(11-13)23-15-8-4-7-14(22-15)12-5-2-1-3-6-12/h1-11H,(H,21,22,23). The first-order chi connectivity index (χ1) is 11.0. The average molecular weight is 315 g/mol. The van der Waals surface area contributed by atoms with Gasteiger partial charge in [0.15, 0.2) is 0 Å².